The van der Waals surface area contributed by atoms with Gasteiger partial charge in [-0.1, -0.05) is 18.2 Å². The SMILES string of the molecule is CCOC(=O)C(N)COc1ccccc1. The molecule has 0 radical (unpaired) electrons. The van der Waals surface area contributed by atoms with Crippen LogP contribution in [-0.2, 0) is 9.53 Å². The zero-order chi connectivity index (χ0) is 11.1. The van der Waals surface area contributed by atoms with Gasteiger partial charge in [-0.3, -0.25) is 4.79 Å². The largest absolute Gasteiger partial charge is 0.491 e. The predicted molar refractivity (Wildman–Crippen MR) is 56.5 cm³/mol. The Morgan fingerprint density at radius 3 is 2.67 bits per heavy atom. The summed E-state index contributed by atoms with van der Waals surface area (Å²) in [7, 11) is 0. The van der Waals surface area contributed by atoms with Crippen molar-refractivity contribution < 1.29 is 14.3 Å². The molecular weight excluding hydrogens is 194 g/mol. The molecule has 0 saturated carbocycles. The molecule has 0 spiro atoms. The summed E-state index contributed by atoms with van der Waals surface area (Å²) in [6, 6.07) is 8.47. The van der Waals surface area contributed by atoms with Crippen LogP contribution in [0.3, 0.4) is 0 Å². The van der Waals surface area contributed by atoms with Gasteiger partial charge in [0.25, 0.3) is 0 Å². The van der Waals surface area contributed by atoms with Crippen LogP contribution < -0.4 is 10.5 Å². The standard InChI is InChI=1S/C11H15NO3/c1-2-14-11(13)10(12)8-15-9-6-4-3-5-7-9/h3-7,10H,2,8,12H2,1H3. The fourth-order valence-corrected chi connectivity index (χ4v) is 1.02. The van der Waals surface area contributed by atoms with Gasteiger partial charge in [-0.25, -0.2) is 0 Å². The average molecular weight is 209 g/mol. The van der Waals surface area contributed by atoms with Gasteiger partial charge >= 0.3 is 5.97 Å². The minimum atomic E-state index is -0.731. The van der Waals surface area contributed by atoms with Crippen LogP contribution in [-0.4, -0.2) is 25.2 Å². The Bertz CT molecular complexity index is 300. The number of benzene rings is 1. The Labute approximate surface area is 89.0 Å². The first-order valence-electron chi connectivity index (χ1n) is 4.84. The highest BCUT2D eigenvalue weighted by Crippen LogP contribution is 2.08. The quantitative estimate of drug-likeness (QED) is 0.733. The predicted octanol–water partition coefficient (Wildman–Crippen LogP) is 0.956. The van der Waals surface area contributed by atoms with Crippen molar-refractivity contribution in [2.75, 3.05) is 13.2 Å². The molecule has 1 aromatic carbocycles. The van der Waals surface area contributed by atoms with Crippen LogP contribution in [0.1, 0.15) is 6.92 Å². The van der Waals surface area contributed by atoms with Crippen molar-refractivity contribution in [3.05, 3.63) is 30.3 Å². The maximum Gasteiger partial charge on any atom is 0.326 e. The van der Waals surface area contributed by atoms with Gasteiger partial charge in [0.2, 0.25) is 0 Å². The van der Waals surface area contributed by atoms with E-state index in [4.69, 9.17) is 15.2 Å². The van der Waals surface area contributed by atoms with E-state index in [1.807, 2.05) is 18.2 Å². The summed E-state index contributed by atoms with van der Waals surface area (Å²) in [5.41, 5.74) is 5.55. The first-order chi connectivity index (χ1) is 7.24. The van der Waals surface area contributed by atoms with Crippen LogP contribution in [0, 0.1) is 0 Å². The number of hydrogen-bond donors (Lipinski definition) is 1. The van der Waals surface area contributed by atoms with Gasteiger partial charge in [-0.05, 0) is 19.1 Å². The Balaban J connectivity index is 2.34. The maximum absolute atomic E-state index is 11.1. The molecule has 0 aliphatic heterocycles. The molecule has 15 heavy (non-hydrogen) atoms. The fourth-order valence-electron chi connectivity index (χ4n) is 1.02. The van der Waals surface area contributed by atoms with E-state index in [2.05, 4.69) is 0 Å². The lowest BCUT2D eigenvalue weighted by atomic mass is 10.3. The number of carbonyl (C=O) groups excluding carboxylic acids is 1. The second-order valence-electron chi connectivity index (χ2n) is 2.98. The molecule has 1 rings (SSSR count). The lowest BCUT2D eigenvalue weighted by Gasteiger charge is -2.11. The average Bonchev–Trinajstić information content (AvgIpc) is 2.27. The Kier molecular flexibility index (Phi) is 4.63. The van der Waals surface area contributed by atoms with Crippen molar-refractivity contribution in [3.63, 3.8) is 0 Å². The van der Waals surface area contributed by atoms with Crippen LogP contribution >= 0.6 is 0 Å². The molecule has 0 fully saturated rings. The van der Waals surface area contributed by atoms with Gasteiger partial charge in [0.15, 0.2) is 0 Å². The van der Waals surface area contributed by atoms with Crippen LogP contribution in [0.5, 0.6) is 5.75 Å². The second kappa shape index (κ2) is 6.03. The van der Waals surface area contributed by atoms with Gasteiger partial charge < -0.3 is 15.2 Å². The monoisotopic (exact) mass is 209 g/mol. The number of rotatable bonds is 5. The number of carbonyl (C=O) groups is 1. The van der Waals surface area contributed by atoms with Crippen molar-refractivity contribution in [2.45, 2.75) is 13.0 Å². The number of para-hydroxylation sites is 1. The number of esters is 1. The molecule has 4 heteroatoms. The van der Waals surface area contributed by atoms with E-state index in [1.54, 1.807) is 19.1 Å². The van der Waals surface area contributed by atoms with Crippen molar-refractivity contribution in [1.29, 1.82) is 0 Å². The van der Waals surface area contributed by atoms with E-state index in [-0.39, 0.29) is 6.61 Å². The molecule has 1 atom stereocenters. The lowest BCUT2D eigenvalue weighted by molar-refractivity contribution is -0.145. The molecule has 0 bridgehead atoms. The zero-order valence-corrected chi connectivity index (χ0v) is 8.68. The molecule has 0 saturated heterocycles. The Morgan fingerprint density at radius 1 is 1.40 bits per heavy atom. The van der Waals surface area contributed by atoms with E-state index >= 15 is 0 Å². The third-order valence-electron chi connectivity index (χ3n) is 1.76. The minimum absolute atomic E-state index is 0.128. The normalized spacial score (nSPS) is 11.9. The Morgan fingerprint density at radius 2 is 2.07 bits per heavy atom. The van der Waals surface area contributed by atoms with E-state index in [0.29, 0.717) is 12.4 Å². The van der Waals surface area contributed by atoms with Gasteiger partial charge in [-0.15, -0.1) is 0 Å². The molecule has 1 unspecified atom stereocenters. The molecular formula is C11H15NO3. The second-order valence-corrected chi connectivity index (χ2v) is 2.98. The van der Waals surface area contributed by atoms with Gasteiger partial charge in [0.1, 0.15) is 18.4 Å². The van der Waals surface area contributed by atoms with E-state index < -0.39 is 12.0 Å². The Hall–Kier alpha value is -1.55. The highest BCUT2D eigenvalue weighted by molar-refractivity contribution is 5.75. The third-order valence-corrected chi connectivity index (χ3v) is 1.76. The number of nitrogens with two attached hydrogens (primary N) is 1. The summed E-state index contributed by atoms with van der Waals surface area (Å²) >= 11 is 0. The smallest absolute Gasteiger partial charge is 0.326 e. The number of hydrogen-bond acceptors (Lipinski definition) is 4. The number of ether oxygens (including phenoxy) is 2. The van der Waals surface area contributed by atoms with E-state index in [0.717, 1.165) is 0 Å². The third kappa shape index (κ3) is 3.99. The summed E-state index contributed by atoms with van der Waals surface area (Å²) in [5, 5.41) is 0. The zero-order valence-electron chi connectivity index (χ0n) is 8.68. The molecule has 4 nitrogen and oxygen atoms in total. The van der Waals surface area contributed by atoms with Crippen LogP contribution in [0.4, 0.5) is 0 Å². The van der Waals surface area contributed by atoms with E-state index in [1.165, 1.54) is 0 Å². The van der Waals surface area contributed by atoms with Crippen molar-refractivity contribution >= 4 is 5.97 Å². The van der Waals surface area contributed by atoms with Crippen LogP contribution in [0.2, 0.25) is 0 Å². The molecule has 1 aromatic rings. The molecule has 0 aromatic heterocycles. The molecule has 0 aliphatic carbocycles. The van der Waals surface area contributed by atoms with Gasteiger partial charge in [0, 0.05) is 0 Å². The summed E-state index contributed by atoms with van der Waals surface area (Å²) in [6.45, 7) is 2.20. The van der Waals surface area contributed by atoms with Crippen molar-refractivity contribution in [3.8, 4) is 5.75 Å². The lowest BCUT2D eigenvalue weighted by Crippen LogP contribution is -2.37. The summed E-state index contributed by atoms with van der Waals surface area (Å²) in [6.07, 6.45) is 0. The van der Waals surface area contributed by atoms with Crippen molar-refractivity contribution in [2.24, 2.45) is 5.73 Å². The van der Waals surface area contributed by atoms with Gasteiger partial charge in [0.05, 0.1) is 6.61 Å². The molecule has 82 valence electrons. The first-order valence-corrected chi connectivity index (χ1v) is 4.84. The van der Waals surface area contributed by atoms with Gasteiger partial charge in [-0.2, -0.15) is 0 Å². The van der Waals surface area contributed by atoms with Crippen LogP contribution in [0.15, 0.2) is 30.3 Å². The maximum atomic E-state index is 11.1. The van der Waals surface area contributed by atoms with Crippen molar-refractivity contribution in [1.82, 2.24) is 0 Å². The molecule has 0 aliphatic rings. The summed E-state index contributed by atoms with van der Waals surface area (Å²) in [5.74, 6) is 0.255. The molecule has 0 heterocycles. The highest BCUT2D eigenvalue weighted by atomic mass is 16.5. The van der Waals surface area contributed by atoms with E-state index in [9.17, 15) is 4.79 Å². The topological polar surface area (TPSA) is 61.5 Å². The fraction of sp³-hybridized carbons (Fsp3) is 0.364. The highest BCUT2D eigenvalue weighted by Gasteiger charge is 2.14. The molecule has 0 amide bonds. The first kappa shape index (κ1) is 11.5. The minimum Gasteiger partial charge on any atom is -0.491 e. The summed E-state index contributed by atoms with van der Waals surface area (Å²) in [4.78, 5) is 11.1. The summed E-state index contributed by atoms with van der Waals surface area (Å²) < 4.78 is 10.1. The van der Waals surface area contributed by atoms with Crippen LogP contribution in [0.25, 0.3) is 0 Å². The molecule has 2 N–H and O–H groups in total.